The van der Waals surface area contributed by atoms with Gasteiger partial charge in [0.05, 0.1) is 24.6 Å². The van der Waals surface area contributed by atoms with Crippen LogP contribution >= 0.6 is 11.3 Å². The third kappa shape index (κ3) is 4.17. The number of hydrogen-bond donors (Lipinski definition) is 1. The first-order chi connectivity index (χ1) is 11.3. The van der Waals surface area contributed by atoms with Gasteiger partial charge in [-0.25, -0.2) is 4.98 Å². The molecule has 0 spiro atoms. The molecule has 6 nitrogen and oxygen atoms in total. The van der Waals surface area contributed by atoms with Crippen molar-refractivity contribution in [2.75, 3.05) is 20.3 Å². The van der Waals surface area contributed by atoms with Crippen molar-refractivity contribution in [3.05, 3.63) is 34.0 Å². The SMILES string of the molecule is CCn1cc([C@@H]2OCC[C@@H]2CNCc2csc(COC)n2)cn1. The molecule has 0 amide bonds. The topological polar surface area (TPSA) is 61.2 Å². The van der Waals surface area contributed by atoms with E-state index < -0.39 is 0 Å². The van der Waals surface area contributed by atoms with Crippen molar-refractivity contribution in [2.24, 2.45) is 5.92 Å². The molecule has 7 heteroatoms. The highest BCUT2D eigenvalue weighted by molar-refractivity contribution is 7.09. The molecule has 1 aliphatic rings. The smallest absolute Gasteiger partial charge is 0.119 e. The van der Waals surface area contributed by atoms with E-state index in [4.69, 9.17) is 9.47 Å². The van der Waals surface area contributed by atoms with Crippen LogP contribution in [0.5, 0.6) is 0 Å². The Morgan fingerprint density at radius 1 is 1.52 bits per heavy atom. The van der Waals surface area contributed by atoms with E-state index in [2.05, 4.69) is 33.9 Å². The molecule has 3 rings (SSSR count). The monoisotopic (exact) mass is 336 g/mol. The van der Waals surface area contributed by atoms with Gasteiger partial charge in [0.25, 0.3) is 0 Å². The molecule has 3 heterocycles. The summed E-state index contributed by atoms with van der Waals surface area (Å²) in [6, 6.07) is 0. The van der Waals surface area contributed by atoms with Crippen molar-refractivity contribution in [3.8, 4) is 0 Å². The van der Waals surface area contributed by atoms with Crippen molar-refractivity contribution in [3.63, 3.8) is 0 Å². The van der Waals surface area contributed by atoms with E-state index in [1.807, 2.05) is 10.9 Å². The van der Waals surface area contributed by atoms with Gasteiger partial charge in [0.2, 0.25) is 0 Å². The molecule has 0 unspecified atom stereocenters. The van der Waals surface area contributed by atoms with Crippen LogP contribution in [0.2, 0.25) is 0 Å². The van der Waals surface area contributed by atoms with E-state index in [9.17, 15) is 0 Å². The minimum Gasteiger partial charge on any atom is -0.378 e. The maximum Gasteiger partial charge on any atom is 0.119 e. The summed E-state index contributed by atoms with van der Waals surface area (Å²) in [5.41, 5.74) is 2.27. The van der Waals surface area contributed by atoms with E-state index >= 15 is 0 Å². The van der Waals surface area contributed by atoms with Crippen molar-refractivity contribution in [1.82, 2.24) is 20.1 Å². The van der Waals surface area contributed by atoms with Crippen LogP contribution in [0.3, 0.4) is 0 Å². The summed E-state index contributed by atoms with van der Waals surface area (Å²) >= 11 is 1.65. The third-order valence-electron chi connectivity index (χ3n) is 4.10. The minimum atomic E-state index is 0.155. The molecule has 126 valence electrons. The standard InChI is InChI=1S/C16H24N4O2S/c1-3-20-9-13(7-18-20)16-12(4-5-22-16)6-17-8-14-11-23-15(19-14)10-21-2/h7,9,11-12,16-17H,3-6,8,10H2,1-2H3/t12-,16-/m1/s1. The number of nitrogens with zero attached hydrogens (tertiary/aromatic N) is 3. The second-order valence-electron chi connectivity index (χ2n) is 5.77. The lowest BCUT2D eigenvalue weighted by atomic mass is 9.97. The van der Waals surface area contributed by atoms with Gasteiger partial charge in [0, 0.05) is 56.4 Å². The van der Waals surface area contributed by atoms with Crippen LogP contribution in [0.25, 0.3) is 0 Å². The van der Waals surface area contributed by atoms with Crippen LogP contribution in [-0.2, 0) is 29.2 Å². The van der Waals surface area contributed by atoms with Gasteiger partial charge in [-0.2, -0.15) is 5.10 Å². The molecule has 1 saturated heterocycles. The van der Waals surface area contributed by atoms with Crippen LogP contribution in [-0.4, -0.2) is 35.0 Å². The summed E-state index contributed by atoms with van der Waals surface area (Å²) in [7, 11) is 1.69. The quantitative estimate of drug-likeness (QED) is 0.802. The molecule has 0 bridgehead atoms. The third-order valence-corrected chi connectivity index (χ3v) is 4.97. The predicted octanol–water partition coefficient (Wildman–Crippen LogP) is 2.37. The number of methoxy groups -OCH3 is 1. The molecule has 1 N–H and O–H groups in total. The number of nitrogens with one attached hydrogen (secondary N) is 1. The number of hydrogen-bond acceptors (Lipinski definition) is 6. The molecule has 1 aliphatic heterocycles. The Labute approximate surface area is 140 Å². The fraction of sp³-hybridized carbons (Fsp3) is 0.625. The second-order valence-corrected chi connectivity index (χ2v) is 6.71. The normalized spacial score (nSPS) is 21.1. The van der Waals surface area contributed by atoms with Crippen LogP contribution in [0, 0.1) is 5.92 Å². The maximum absolute atomic E-state index is 5.92. The summed E-state index contributed by atoms with van der Waals surface area (Å²) in [6.45, 7) is 6.12. The van der Waals surface area contributed by atoms with E-state index in [1.54, 1.807) is 18.4 Å². The Morgan fingerprint density at radius 3 is 3.22 bits per heavy atom. The summed E-state index contributed by atoms with van der Waals surface area (Å²) in [6.07, 6.45) is 5.27. The molecule has 2 atom stereocenters. The Balaban J connectivity index is 1.50. The Bertz CT molecular complexity index is 613. The maximum atomic E-state index is 5.92. The molecule has 23 heavy (non-hydrogen) atoms. The first-order valence-corrected chi connectivity index (χ1v) is 8.95. The van der Waals surface area contributed by atoms with Crippen molar-refractivity contribution in [1.29, 1.82) is 0 Å². The molecule has 1 fully saturated rings. The van der Waals surface area contributed by atoms with Gasteiger partial charge in [0.1, 0.15) is 5.01 Å². The van der Waals surface area contributed by atoms with Crippen molar-refractivity contribution < 1.29 is 9.47 Å². The van der Waals surface area contributed by atoms with Crippen LogP contribution in [0.4, 0.5) is 0 Å². The Hall–Kier alpha value is -1.28. The lowest BCUT2D eigenvalue weighted by Gasteiger charge is -2.17. The highest BCUT2D eigenvalue weighted by atomic mass is 32.1. The van der Waals surface area contributed by atoms with Gasteiger partial charge in [-0.15, -0.1) is 11.3 Å². The molecule has 2 aromatic heterocycles. The summed E-state index contributed by atoms with van der Waals surface area (Å²) < 4.78 is 13.0. The average Bonchev–Trinajstić information content (AvgIpc) is 3.27. The molecule has 0 aromatic carbocycles. The zero-order valence-electron chi connectivity index (χ0n) is 13.7. The zero-order chi connectivity index (χ0) is 16.1. The fourth-order valence-corrected chi connectivity index (χ4v) is 3.68. The molecular weight excluding hydrogens is 312 g/mol. The zero-order valence-corrected chi connectivity index (χ0v) is 14.5. The average molecular weight is 336 g/mol. The number of rotatable bonds is 8. The summed E-state index contributed by atoms with van der Waals surface area (Å²) in [5.74, 6) is 0.488. The van der Waals surface area contributed by atoms with Crippen molar-refractivity contribution >= 4 is 11.3 Å². The number of ether oxygens (including phenoxy) is 2. The van der Waals surface area contributed by atoms with Gasteiger partial charge in [-0.1, -0.05) is 0 Å². The predicted molar refractivity (Wildman–Crippen MR) is 89.2 cm³/mol. The number of aromatic nitrogens is 3. The molecule has 0 aliphatic carbocycles. The molecule has 0 radical (unpaired) electrons. The van der Waals surface area contributed by atoms with Crippen molar-refractivity contribution in [2.45, 2.75) is 39.1 Å². The highest BCUT2D eigenvalue weighted by Gasteiger charge is 2.30. The van der Waals surface area contributed by atoms with Crippen LogP contribution in [0.1, 0.15) is 35.7 Å². The van der Waals surface area contributed by atoms with E-state index in [0.29, 0.717) is 12.5 Å². The Kier molecular flexibility index (Phi) is 5.77. The molecule has 0 saturated carbocycles. The van der Waals surface area contributed by atoms with Crippen LogP contribution < -0.4 is 5.32 Å². The molecule has 2 aromatic rings. The lowest BCUT2D eigenvalue weighted by Crippen LogP contribution is -2.24. The van der Waals surface area contributed by atoms with Crippen LogP contribution in [0.15, 0.2) is 17.8 Å². The van der Waals surface area contributed by atoms with Gasteiger partial charge < -0.3 is 14.8 Å². The van der Waals surface area contributed by atoms with Gasteiger partial charge >= 0.3 is 0 Å². The van der Waals surface area contributed by atoms with E-state index in [0.717, 1.165) is 43.4 Å². The van der Waals surface area contributed by atoms with E-state index in [1.165, 1.54) is 5.56 Å². The summed E-state index contributed by atoms with van der Waals surface area (Å²) in [4.78, 5) is 4.54. The fourth-order valence-electron chi connectivity index (χ4n) is 2.92. The highest BCUT2D eigenvalue weighted by Crippen LogP contribution is 2.33. The Morgan fingerprint density at radius 2 is 2.43 bits per heavy atom. The minimum absolute atomic E-state index is 0.155. The van der Waals surface area contributed by atoms with Gasteiger partial charge in [0.15, 0.2) is 0 Å². The van der Waals surface area contributed by atoms with Gasteiger partial charge in [-0.05, 0) is 13.3 Å². The number of thiazole rings is 1. The van der Waals surface area contributed by atoms with Gasteiger partial charge in [-0.3, -0.25) is 4.68 Å². The van der Waals surface area contributed by atoms with E-state index in [-0.39, 0.29) is 6.10 Å². The lowest BCUT2D eigenvalue weighted by molar-refractivity contribution is 0.0903. The number of aryl methyl sites for hydroxylation is 1. The second kappa shape index (κ2) is 8.01. The largest absolute Gasteiger partial charge is 0.378 e. The first kappa shape index (κ1) is 16.6. The molecular formula is C16H24N4O2S. The summed E-state index contributed by atoms with van der Waals surface area (Å²) in [5, 5.41) is 11.0. The first-order valence-electron chi connectivity index (χ1n) is 8.07.